The smallest absolute Gasteiger partial charge is 0.262 e. The number of para-hydroxylation sites is 2. The number of carbonyl (C=O) groups is 1. The molecule has 1 aromatic carbocycles. The average Bonchev–Trinajstić information content (AvgIpc) is 3.18. The molecule has 1 amide bonds. The number of aromatic nitrogens is 4. The first-order valence-electron chi connectivity index (χ1n) is 9.90. The van der Waals surface area contributed by atoms with Crippen LogP contribution in [0.3, 0.4) is 0 Å². The molecule has 3 aromatic heterocycles. The number of amides is 1. The third kappa shape index (κ3) is 3.52. The number of hydrogen-bond acceptors (Lipinski definition) is 5. The zero-order valence-corrected chi connectivity index (χ0v) is 18.6. The van der Waals surface area contributed by atoms with E-state index in [1.165, 1.54) is 22.2 Å². The van der Waals surface area contributed by atoms with Crippen LogP contribution in [0.5, 0.6) is 0 Å². The Balaban J connectivity index is 1.57. The number of nitrogens with one attached hydrogen (secondary N) is 1. The third-order valence-corrected chi connectivity index (χ3v) is 6.33. The summed E-state index contributed by atoms with van der Waals surface area (Å²) in [4.78, 5) is 36.3. The molecule has 1 N–H and O–H groups in total. The predicted octanol–water partition coefficient (Wildman–Crippen LogP) is 4.21. The van der Waals surface area contributed by atoms with Crippen LogP contribution in [0.4, 0.5) is 5.95 Å². The average molecular weight is 424 g/mol. The van der Waals surface area contributed by atoms with E-state index in [1.807, 2.05) is 42.7 Å². The molecule has 156 valence electrons. The minimum absolute atomic E-state index is 0.100. The highest BCUT2D eigenvalue weighted by Gasteiger charge is 2.22. The Kier molecular flexibility index (Phi) is 4.97. The summed E-state index contributed by atoms with van der Waals surface area (Å²) in [6.45, 7) is 10.4. The fraction of sp³-hybridized carbons (Fsp3) is 0.364. The number of fused-ring (bicyclic) bond motifs is 2. The van der Waals surface area contributed by atoms with Gasteiger partial charge in [0.15, 0.2) is 0 Å². The van der Waals surface area contributed by atoms with Crippen LogP contribution in [-0.4, -0.2) is 25.0 Å². The quantitative estimate of drug-likeness (QED) is 0.533. The molecule has 0 atom stereocenters. The molecule has 0 saturated carbocycles. The van der Waals surface area contributed by atoms with Crippen LogP contribution >= 0.6 is 11.3 Å². The van der Waals surface area contributed by atoms with Crippen LogP contribution in [0.25, 0.3) is 21.3 Å². The molecule has 30 heavy (non-hydrogen) atoms. The van der Waals surface area contributed by atoms with E-state index in [2.05, 4.69) is 36.1 Å². The van der Waals surface area contributed by atoms with Gasteiger partial charge in [0.1, 0.15) is 4.83 Å². The van der Waals surface area contributed by atoms with Crippen molar-refractivity contribution in [3.8, 4) is 0 Å². The van der Waals surface area contributed by atoms with Crippen LogP contribution in [0.1, 0.15) is 37.6 Å². The zero-order valence-electron chi connectivity index (χ0n) is 17.8. The van der Waals surface area contributed by atoms with Crippen molar-refractivity contribution < 1.29 is 4.79 Å². The second-order valence-electron chi connectivity index (χ2n) is 8.44. The Bertz CT molecular complexity index is 1320. The molecule has 0 aliphatic rings. The Morgan fingerprint density at radius 2 is 1.93 bits per heavy atom. The molecule has 0 spiro atoms. The maximum atomic E-state index is 12.8. The monoisotopic (exact) mass is 423 g/mol. The highest BCUT2D eigenvalue weighted by atomic mass is 32.1. The minimum Gasteiger partial charge on any atom is -0.305 e. The van der Waals surface area contributed by atoms with Gasteiger partial charge in [-0.1, -0.05) is 12.1 Å². The van der Waals surface area contributed by atoms with Gasteiger partial charge in [0.05, 0.1) is 22.7 Å². The molecule has 0 aliphatic carbocycles. The summed E-state index contributed by atoms with van der Waals surface area (Å²) in [5.74, 6) is 0.319. The standard InChI is InChI=1S/C22H25N5O2S/c1-13-14(2)30-19-18(13)20(29)26(12-23-19)11-10-17(28)25-21-24-15-8-6-7-9-16(15)27(21)22(3,4)5/h6-9,12H,10-11H2,1-5H3,(H,24,25,28). The first-order valence-corrected chi connectivity index (χ1v) is 10.7. The van der Waals surface area contributed by atoms with Gasteiger partial charge in [0.2, 0.25) is 11.9 Å². The molecule has 0 radical (unpaired) electrons. The number of rotatable bonds is 4. The van der Waals surface area contributed by atoms with Crippen molar-refractivity contribution in [2.75, 3.05) is 5.32 Å². The van der Waals surface area contributed by atoms with Crippen LogP contribution in [0.15, 0.2) is 35.4 Å². The van der Waals surface area contributed by atoms with Gasteiger partial charge in [-0.15, -0.1) is 11.3 Å². The number of carbonyl (C=O) groups excluding carboxylic acids is 1. The molecule has 0 unspecified atom stereocenters. The summed E-state index contributed by atoms with van der Waals surface area (Å²) in [6, 6.07) is 7.81. The highest BCUT2D eigenvalue weighted by Crippen LogP contribution is 2.28. The lowest BCUT2D eigenvalue weighted by molar-refractivity contribution is -0.116. The van der Waals surface area contributed by atoms with Crippen molar-refractivity contribution >= 4 is 44.4 Å². The fourth-order valence-electron chi connectivity index (χ4n) is 3.63. The molecule has 0 saturated heterocycles. The predicted molar refractivity (Wildman–Crippen MR) is 121 cm³/mol. The van der Waals surface area contributed by atoms with Crippen LogP contribution in [0.2, 0.25) is 0 Å². The second-order valence-corrected chi connectivity index (χ2v) is 9.64. The molecular weight excluding hydrogens is 398 g/mol. The lowest BCUT2D eigenvalue weighted by atomic mass is 10.1. The van der Waals surface area contributed by atoms with Crippen molar-refractivity contribution in [2.45, 2.75) is 53.1 Å². The number of benzene rings is 1. The molecule has 0 aliphatic heterocycles. The highest BCUT2D eigenvalue weighted by molar-refractivity contribution is 7.18. The number of hydrogen-bond donors (Lipinski definition) is 1. The Labute approximate surface area is 178 Å². The first-order chi connectivity index (χ1) is 14.2. The van der Waals surface area contributed by atoms with E-state index in [0.29, 0.717) is 11.3 Å². The Hall–Kier alpha value is -3.00. The van der Waals surface area contributed by atoms with Crippen molar-refractivity contribution in [2.24, 2.45) is 0 Å². The molecule has 4 rings (SSSR count). The van der Waals surface area contributed by atoms with Gasteiger partial charge < -0.3 is 4.57 Å². The topological polar surface area (TPSA) is 81.8 Å². The van der Waals surface area contributed by atoms with Gasteiger partial charge in [-0.2, -0.15) is 0 Å². The summed E-state index contributed by atoms with van der Waals surface area (Å²) in [7, 11) is 0. The molecule has 7 nitrogen and oxygen atoms in total. The van der Waals surface area contributed by atoms with E-state index in [0.717, 1.165) is 26.3 Å². The second kappa shape index (κ2) is 7.36. The largest absolute Gasteiger partial charge is 0.305 e. The number of anilines is 1. The molecule has 0 fully saturated rings. The van der Waals surface area contributed by atoms with Crippen LogP contribution in [0, 0.1) is 13.8 Å². The van der Waals surface area contributed by atoms with E-state index in [9.17, 15) is 9.59 Å². The summed E-state index contributed by atoms with van der Waals surface area (Å²) in [6.07, 6.45) is 1.68. The number of aryl methyl sites for hydroxylation is 3. The number of imidazole rings is 1. The van der Waals surface area contributed by atoms with E-state index < -0.39 is 0 Å². The van der Waals surface area contributed by atoms with Gasteiger partial charge in [-0.25, -0.2) is 9.97 Å². The lowest BCUT2D eigenvalue weighted by Gasteiger charge is -2.24. The Morgan fingerprint density at radius 3 is 2.67 bits per heavy atom. The molecule has 4 aromatic rings. The Morgan fingerprint density at radius 1 is 1.20 bits per heavy atom. The van der Waals surface area contributed by atoms with Gasteiger partial charge >= 0.3 is 0 Å². The third-order valence-electron chi connectivity index (χ3n) is 5.22. The maximum Gasteiger partial charge on any atom is 0.262 e. The molecule has 8 heteroatoms. The number of thiophene rings is 1. The van der Waals surface area contributed by atoms with Gasteiger partial charge in [-0.05, 0) is 52.3 Å². The SMILES string of the molecule is Cc1sc2ncn(CCC(=O)Nc3nc4ccccc4n3C(C)(C)C)c(=O)c2c1C. The van der Waals surface area contributed by atoms with Gasteiger partial charge in [0, 0.05) is 23.4 Å². The number of nitrogens with zero attached hydrogens (tertiary/aromatic N) is 4. The lowest BCUT2D eigenvalue weighted by Crippen LogP contribution is -2.27. The summed E-state index contributed by atoms with van der Waals surface area (Å²) in [5.41, 5.74) is 2.41. The zero-order chi connectivity index (χ0) is 21.6. The molecule has 0 bridgehead atoms. The summed E-state index contributed by atoms with van der Waals surface area (Å²) < 4.78 is 3.53. The molecule has 3 heterocycles. The van der Waals surface area contributed by atoms with Crippen molar-refractivity contribution in [3.05, 3.63) is 51.4 Å². The van der Waals surface area contributed by atoms with E-state index in [4.69, 9.17) is 0 Å². The van der Waals surface area contributed by atoms with Gasteiger partial charge in [0.25, 0.3) is 5.56 Å². The van der Waals surface area contributed by atoms with E-state index in [1.54, 1.807) is 0 Å². The van der Waals surface area contributed by atoms with Crippen molar-refractivity contribution in [3.63, 3.8) is 0 Å². The van der Waals surface area contributed by atoms with E-state index >= 15 is 0 Å². The normalized spacial score (nSPS) is 12.0. The van der Waals surface area contributed by atoms with E-state index in [-0.39, 0.29) is 30.0 Å². The van der Waals surface area contributed by atoms with Gasteiger partial charge in [-0.3, -0.25) is 19.5 Å². The van der Waals surface area contributed by atoms with Crippen molar-refractivity contribution in [1.29, 1.82) is 0 Å². The summed E-state index contributed by atoms with van der Waals surface area (Å²) in [5, 5.41) is 3.58. The van der Waals surface area contributed by atoms with Crippen LogP contribution < -0.4 is 10.9 Å². The first kappa shape index (κ1) is 20.3. The summed E-state index contributed by atoms with van der Waals surface area (Å²) >= 11 is 1.52. The van der Waals surface area contributed by atoms with Crippen LogP contribution in [-0.2, 0) is 16.9 Å². The van der Waals surface area contributed by atoms with Crippen molar-refractivity contribution in [1.82, 2.24) is 19.1 Å². The minimum atomic E-state index is -0.251. The fourth-order valence-corrected chi connectivity index (χ4v) is 4.61. The molecular formula is C22H25N5O2S. The maximum absolute atomic E-state index is 12.8.